The molecular formula is C15H22BrN. The Morgan fingerprint density at radius 2 is 2.18 bits per heavy atom. The van der Waals surface area contributed by atoms with Gasteiger partial charge in [-0.3, -0.25) is 4.90 Å². The molecule has 2 heteroatoms. The average Bonchev–Trinajstić information content (AvgIpc) is 2.54. The van der Waals surface area contributed by atoms with Crippen LogP contribution >= 0.6 is 15.9 Å². The number of hydrogen-bond donors (Lipinski definition) is 0. The summed E-state index contributed by atoms with van der Waals surface area (Å²) in [5.41, 5.74) is 1.43. The fourth-order valence-corrected chi connectivity index (χ4v) is 3.22. The van der Waals surface area contributed by atoms with Gasteiger partial charge >= 0.3 is 0 Å². The molecule has 1 aromatic rings. The molecule has 0 saturated carbocycles. The Morgan fingerprint density at radius 3 is 2.94 bits per heavy atom. The van der Waals surface area contributed by atoms with Crippen LogP contribution in [0.5, 0.6) is 0 Å². The smallest absolute Gasteiger partial charge is 0.0237 e. The van der Waals surface area contributed by atoms with E-state index < -0.39 is 0 Å². The number of rotatable bonds is 3. The lowest BCUT2D eigenvalue weighted by atomic mass is 10.1. The zero-order chi connectivity index (χ0) is 12.1. The number of benzene rings is 1. The standard InChI is InChI=1S/C15H22BrN/c1-2-15-9-4-3-5-10-17(15)12-13-7-6-8-14(16)11-13/h6-8,11,15H,2-5,9-10,12H2,1H3. The molecule has 0 amide bonds. The first-order valence-corrected chi connectivity index (χ1v) is 7.57. The van der Waals surface area contributed by atoms with Gasteiger partial charge in [0, 0.05) is 17.1 Å². The van der Waals surface area contributed by atoms with Gasteiger partial charge in [-0.2, -0.15) is 0 Å². The van der Waals surface area contributed by atoms with Crippen LogP contribution in [0.1, 0.15) is 44.6 Å². The Bertz CT molecular complexity index is 351. The van der Waals surface area contributed by atoms with Gasteiger partial charge in [0.05, 0.1) is 0 Å². The van der Waals surface area contributed by atoms with Crippen LogP contribution in [-0.4, -0.2) is 17.5 Å². The maximum Gasteiger partial charge on any atom is 0.0237 e. The minimum absolute atomic E-state index is 0.788. The molecule has 17 heavy (non-hydrogen) atoms. The summed E-state index contributed by atoms with van der Waals surface area (Å²) in [4.78, 5) is 2.68. The lowest BCUT2D eigenvalue weighted by Crippen LogP contribution is -2.33. The van der Waals surface area contributed by atoms with E-state index in [2.05, 4.69) is 52.0 Å². The molecule has 1 aliphatic heterocycles. The highest BCUT2D eigenvalue weighted by Crippen LogP contribution is 2.22. The van der Waals surface area contributed by atoms with Crippen LogP contribution in [0, 0.1) is 0 Å². The van der Waals surface area contributed by atoms with Crippen LogP contribution in [0.4, 0.5) is 0 Å². The summed E-state index contributed by atoms with van der Waals surface area (Å²) >= 11 is 3.56. The van der Waals surface area contributed by atoms with E-state index in [0.29, 0.717) is 0 Å². The van der Waals surface area contributed by atoms with E-state index in [0.717, 1.165) is 12.6 Å². The van der Waals surface area contributed by atoms with Gasteiger partial charge in [-0.1, -0.05) is 47.8 Å². The molecule has 0 N–H and O–H groups in total. The Labute approximate surface area is 113 Å². The van der Waals surface area contributed by atoms with Gasteiger partial charge in [0.25, 0.3) is 0 Å². The third kappa shape index (κ3) is 3.82. The molecule has 1 aromatic carbocycles. The fourth-order valence-electron chi connectivity index (χ4n) is 2.78. The number of hydrogen-bond acceptors (Lipinski definition) is 1. The zero-order valence-corrected chi connectivity index (χ0v) is 12.2. The van der Waals surface area contributed by atoms with Gasteiger partial charge in [-0.05, 0) is 43.5 Å². The van der Waals surface area contributed by atoms with Gasteiger partial charge in [0.1, 0.15) is 0 Å². The molecular weight excluding hydrogens is 274 g/mol. The summed E-state index contributed by atoms with van der Waals surface area (Å²) in [6.45, 7) is 4.70. The molecule has 1 atom stereocenters. The quantitative estimate of drug-likeness (QED) is 0.787. The van der Waals surface area contributed by atoms with Gasteiger partial charge < -0.3 is 0 Å². The summed E-state index contributed by atoms with van der Waals surface area (Å²) < 4.78 is 1.19. The number of nitrogens with zero attached hydrogens (tertiary/aromatic N) is 1. The van der Waals surface area contributed by atoms with Gasteiger partial charge in [0.2, 0.25) is 0 Å². The normalized spacial score (nSPS) is 22.4. The van der Waals surface area contributed by atoms with Crippen molar-refractivity contribution < 1.29 is 0 Å². The maximum atomic E-state index is 3.56. The van der Waals surface area contributed by atoms with Crippen LogP contribution < -0.4 is 0 Å². The van der Waals surface area contributed by atoms with Crippen molar-refractivity contribution in [3.05, 3.63) is 34.3 Å². The van der Waals surface area contributed by atoms with E-state index in [1.165, 1.54) is 48.7 Å². The molecule has 94 valence electrons. The number of halogens is 1. The summed E-state index contributed by atoms with van der Waals surface area (Å²) in [6, 6.07) is 9.51. The van der Waals surface area contributed by atoms with Crippen molar-refractivity contribution in [1.82, 2.24) is 4.90 Å². The summed E-state index contributed by atoms with van der Waals surface area (Å²) in [5, 5.41) is 0. The monoisotopic (exact) mass is 295 g/mol. The molecule has 0 aliphatic carbocycles. The minimum Gasteiger partial charge on any atom is -0.296 e. The first-order chi connectivity index (χ1) is 8.29. The summed E-state index contributed by atoms with van der Waals surface area (Å²) in [5.74, 6) is 0. The van der Waals surface area contributed by atoms with Crippen LogP contribution in [-0.2, 0) is 6.54 Å². The van der Waals surface area contributed by atoms with Crippen molar-refractivity contribution in [3.63, 3.8) is 0 Å². The molecule has 1 aliphatic rings. The second-order valence-electron chi connectivity index (χ2n) is 5.01. The van der Waals surface area contributed by atoms with Crippen LogP contribution in [0.2, 0.25) is 0 Å². The Morgan fingerprint density at radius 1 is 1.29 bits per heavy atom. The first-order valence-electron chi connectivity index (χ1n) is 6.78. The lowest BCUT2D eigenvalue weighted by Gasteiger charge is -2.29. The SMILES string of the molecule is CCC1CCCCCN1Cc1cccc(Br)c1. The number of likely N-dealkylation sites (tertiary alicyclic amines) is 1. The van der Waals surface area contributed by atoms with E-state index in [9.17, 15) is 0 Å². The zero-order valence-electron chi connectivity index (χ0n) is 10.7. The first kappa shape index (κ1) is 13.1. The van der Waals surface area contributed by atoms with E-state index in [1.54, 1.807) is 0 Å². The largest absolute Gasteiger partial charge is 0.296 e. The van der Waals surface area contributed by atoms with Crippen molar-refractivity contribution in [3.8, 4) is 0 Å². The third-order valence-electron chi connectivity index (χ3n) is 3.75. The average molecular weight is 296 g/mol. The van der Waals surface area contributed by atoms with E-state index in [1.807, 2.05) is 0 Å². The van der Waals surface area contributed by atoms with Gasteiger partial charge in [0.15, 0.2) is 0 Å². The van der Waals surface area contributed by atoms with Crippen LogP contribution in [0.15, 0.2) is 28.7 Å². The minimum atomic E-state index is 0.788. The van der Waals surface area contributed by atoms with Gasteiger partial charge in [-0.25, -0.2) is 0 Å². The lowest BCUT2D eigenvalue weighted by molar-refractivity contribution is 0.186. The molecule has 0 aromatic heterocycles. The van der Waals surface area contributed by atoms with Gasteiger partial charge in [-0.15, -0.1) is 0 Å². The van der Waals surface area contributed by atoms with E-state index in [-0.39, 0.29) is 0 Å². The molecule has 1 unspecified atom stereocenters. The predicted molar refractivity (Wildman–Crippen MR) is 77.1 cm³/mol. The van der Waals surface area contributed by atoms with Crippen molar-refractivity contribution in [1.29, 1.82) is 0 Å². The van der Waals surface area contributed by atoms with Crippen molar-refractivity contribution >= 4 is 15.9 Å². The molecule has 1 heterocycles. The van der Waals surface area contributed by atoms with E-state index >= 15 is 0 Å². The van der Waals surface area contributed by atoms with Crippen molar-refractivity contribution in [2.45, 2.75) is 51.6 Å². The topological polar surface area (TPSA) is 3.24 Å². The van der Waals surface area contributed by atoms with E-state index in [4.69, 9.17) is 0 Å². The fraction of sp³-hybridized carbons (Fsp3) is 0.600. The second kappa shape index (κ2) is 6.55. The Balaban J connectivity index is 2.04. The molecule has 2 rings (SSSR count). The highest BCUT2D eigenvalue weighted by molar-refractivity contribution is 9.10. The van der Waals surface area contributed by atoms with Crippen LogP contribution in [0.25, 0.3) is 0 Å². The molecule has 0 bridgehead atoms. The Kier molecular flexibility index (Phi) is 5.05. The predicted octanol–water partition coefficient (Wildman–Crippen LogP) is 4.60. The molecule has 1 saturated heterocycles. The second-order valence-corrected chi connectivity index (χ2v) is 5.93. The Hall–Kier alpha value is -0.340. The highest BCUT2D eigenvalue weighted by atomic mass is 79.9. The van der Waals surface area contributed by atoms with Crippen LogP contribution in [0.3, 0.4) is 0 Å². The van der Waals surface area contributed by atoms with Crippen molar-refractivity contribution in [2.24, 2.45) is 0 Å². The summed E-state index contributed by atoms with van der Waals surface area (Å²) in [6.07, 6.45) is 6.85. The maximum absolute atomic E-state index is 3.56. The molecule has 0 radical (unpaired) electrons. The third-order valence-corrected chi connectivity index (χ3v) is 4.24. The molecule has 1 nitrogen and oxygen atoms in total. The highest BCUT2D eigenvalue weighted by Gasteiger charge is 2.19. The molecule has 1 fully saturated rings. The molecule has 0 spiro atoms. The van der Waals surface area contributed by atoms with Crippen molar-refractivity contribution in [2.75, 3.05) is 6.54 Å². The summed E-state index contributed by atoms with van der Waals surface area (Å²) in [7, 11) is 0.